The van der Waals surface area contributed by atoms with Crippen molar-refractivity contribution in [2.45, 2.75) is 20.3 Å². The molecule has 0 radical (unpaired) electrons. The van der Waals surface area contributed by atoms with Crippen LogP contribution in [0.1, 0.15) is 27.0 Å². The number of carbonyl (C=O) groups excluding carboxylic acids is 1. The van der Waals surface area contributed by atoms with E-state index in [4.69, 9.17) is 0 Å². The van der Waals surface area contributed by atoms with Crippen molar-refractivity contribution in [3.05, 3.63) is 64.7 Å². The normalized spacial score (nSPS) is 10.4. The Morgan fingerprint density at radius 2 is 2.11 bits per heavy atom. The third kappa shape index (κ3) is 2.62. The van der Waals surface area contributed by atoms with E-state index in [1.807, 2.05) is 19.1 Å². The van der Waals surface area contributed by atoms with Crippen LogP contribution in [0.5, 0.6) is 0 Å². The number of ketones is 1. The van der Waals surface area contributed by atoms with Crippen LogP contribution in [0.2, 0.25) is 0 Å². The standard InChI is InChI=1S/C15H14FNO/c1-10-6-11(2)15(13(16)7-10)14(18)8-12-4-3-5-17-9-12/h3-7,9H,8H2,1-2H3. The third-order valence-electron chi connectivity index (χ3n) is 2.80. The highest BCUT2D eigenvalue weighted by Gasteiger charge is 2.15. The van der Waals surface area contributed by atoms with E-state index in [0.717, 1.165) is 11.1 Å². The largest absolute Gasteiger partial charge is 0.294 e. The number of hydrogen-bond donors (Lipinski definition) is 0. The summed E-state index contributed by atoms with van der Waals surface area (Å²) in [5.41, 5.74) is 2.48. The summed E-state index contributed by atoms with van der Waals surface area (Å²) in [7, 11) is 0. The molecule has 2 rings (SSSR count). The maximum absolute atomic E-state index is 13.8. The molecule has 0 fully saturated rings. The molecule has 0 atom stereocenters. The zero-order chi connectivity index (χ0) is 13.1. The number of hydrogen-bond acceptors (Lipinski definition) is 2. The molecule has 0 aliphatic rings. The quantitative estimate of drug-likeness (QED) is 0.774. The van der Waals surface area contributed by atoms with Gasteiger partial charge in [-0.3, -0.25) is 9.78 Å². The average Bonchev–Trinajstić information content (AvgIpc) is 2.28. The third-order valence-corrected chi connectivity index (χ3v) is 2.80. The van der Waals surface area contributed by atoms with Crippen molar-refractivity contribution in [3.63, 3.8) is 0 Å². The molecule has 0 unspecified atom stereocenters. The minimum absolute atomic E-state index is 0.175. The van der Waals surface area contributed by atoms with Gasteiger partial charge in [-0.05, 0) is 42.7 Å². The molecule has 0 saturated carbocycles. The second-order valence-electron chi connectivity index (χ2n) is 4.40. The number of benzene rings is 1. The molecule has 0 spiro atoms. The van der Waals surface area contributed by atoms with Crippen LogP contribution in [0.15, 0.2) is 36.7 Å². The van der Waals surface area contributed by atoms with E-state index in [9.17, 15) is 9.18 Å². The average molecular weight is 243 g/mol. The monoisotopic (exact) mass is 243 g/mol. The first-order chi connectivity index (χ1) is 8.58. The molecule has 0 saturated heterocycles. The first-order valence-corrected chi connectivity index (χ1v) is 5.77. The summed E-state index contributed by atoms with van der Waals surface area (Å²) in [6, 6.07) is 6.79. The Hall–Kier alpha value is -2.03. The molecule has 0 aliphatic carbocycles. The number of carbonyl (C=O) groups is 1. The molecule has 0 amide bonds. The Balaban J connectivity index is 2.30. The lowest BCUT2D eigenvalue weighted by Gasteiger charge is -2.07. The number of nitrogens with zero attached hydrogens (tertiary/aromatic N) is 1. The Morgan fingerprint density at radius 3 is 2.72 bits per heavy atom. The van der Waals surface area contributed by atoms with Crippen molar-refractivity contribution in [1.82, 2.24) is 4.98 Å². The lowest BCUT2D eigenvalue weighted by atomic mass is 9.98. The Labute approximate surface area is 105 Å². The van der Waals surface area contributed by atoms with Gasteiger partial charge in [-0.25, -0.2) is 4.39 Å². The summed E-state index contributed by atoms with van der Waals surface area (Å²) in [6.45, 7) is 3.57. The van der Waals surface area contributed by atoms with E-state index in [1.54, 1.807) is 25.4 Å². The van der Waals surface area contributed by atoms with Gasteiger partial charge in [0.05, 0.1) is 5.56 Å². The number of aromatic nitrogens is 1. The highest BCUT2D eigenvalue weighted by atomic mass is 19.1. The molecule has 0 aliphatic heterocycles. The first-order valence-electron chi connectivity index (χ1n) is 5.77. The van der Waals surface area contributed by atoms with Gasteiger partial charge in [0.25, 0.3) is 0 Å². The predicted octanol–water partition coefficient (Wildman–Crippen LogP) is 3.26. The van der Waals surface area contributed by atoms with Crippen molar-refractivity contribution in [3.8, 4) is 0 Å². The van der Waals surface area contributed by atoms with Crippen molar-refractivity contribution in [1.29, 1.82) is 0 Å². The van der Waals surface area contributed by atoms with E-state index < -0.39 is 5.82 Å². The van der Waals surface area contributed by atoms with Gasteiger partial charge in [0.15, 0.2) is 5.78 Å². The maximum Gasteiger partial charge on any atom is 0.170 e. The summed E-state index contributed by atoms with van der Waals surface area (Å²) in [4.78, 5) is 16.0. The number of rotatable bonds is 3. The van der Waals surface area contributed by atoms with Gasteiger partial charge in [0, 0.05) is 18.8 Å². The van der Waals surface area contributed by atoms with Crippen LogP contribution >= 0.6 is 0 Å². The maximum atomic E-state index is 13.8. The van der Waals surface area contributed by atoms with Crippen LogP contribution in [-0.4, -0.2) is 10.8 Å². The first kappa shape index (κ1) is 12.4. The Bertz CT molecular complexity index is 555. The molecule has 92 valence electrons. The molecule has 1 aromatic carbocycles. The van der Waals surface area contributed by atoms with Gasteiger partial charge in [0.1, 0.15) is 5.82 Å². The number of halogens is 1. The molecule has 0 bridgehead atoms. The molecule has 2 nitrogen and oxygen atoms in total. The number of pyridine rings is 1. The molecular formula is C15H14FNO. The second-order valence-corrected chi connectivity index (χ2v) is 4.40. The highest BCUT2D eigenvalue weighted by Crippen LogP contribution is 2.18. The summed E-state index contributed by atoms with van der Waals surface area (Å²) in [5.74, 6) is -0.653. The van der Waals surface area contributed by atoms with E-state index in [1.165, 1.54) is 6.07 Å². The minimum atomic E-state index is -0.443. The van der Waals surface area contributed by atoms with Gasteiger partial charge in [-0.1, -0.05) is 12.1 Å². The van der Waals surface area contributed by atoms with Crippen molar-refractivity contribution < 1.29 is 9.18 Å². The highest BCUT2D eigenvalue weighted by molar-refractivity contribution is 5.99. The number of aryl methyl sites for hydroxylation is 2. The molecule has 3 heteroatoms. The summed E-state index contributed by atoms with van der Waals surface area (Å²) in [5, 5.41) is 0. The predicted molar refractivity (Wildman–Crippen MR) is 68.1 cm³/mol. The molecule has 1 aromatic heterocycles. The zero-order valence-corrected chi connectivity index (χ0v) is 10.4. The van der Waals surface area contributed by atoms with Gasteiger partial charge in [-0.2, -0.15) is 0 Å². The van der Waals surface area contributed by atoms with Crippen LogP contribution in [0.3, 0.4) is 0 Å². The SMILES string of the molecule is Cc1cc(C)c(C(=O)Cc2cccnc2)c(F)c1. The number of Topliss-reactive ketones (excluding diaryl/α,β-unsaturated/α-hetero) is 1. The summed E-state index contributed by atoms with van der Waals surface area (Å²) < 4.78 is 13.8. The molecule has 2 aromatic rings. The topological polar surface area (TPSA) is 30.0 Å². The fourth-order valence-electron chi connectivity index (χ4n) is 2.05. The van der Waals surface area contributed by atoms with Crippen LogP contribution < -0.4 is 0 Å². The fourth-order valence-corrected chi connectivity index (χ4v) is 2.05. The lowest BCUT2D eigenvalue weighted by Crippen LogP contribution is -2.09. The fraction of sp³-hybridized carbons (Fsp3) is 0.200. The van der Waals surface area contributed by atoms with Crippen LogP contribution in [0.25, 0.3) is 0 Å². The van der Waals surface area contributed by atoms with E-state index in [0.29, 0.717) is 5.56 Å². The van der Waals surface area contributed by atoms with Crippen molar-refractivity contribution in [2.24, 2.45) is 0 Å². The van der Waals surface area contributed by atoms with Crippen LogP contribution in [-0.2, 0) is 6.42 Å². The van der Waals surface area contributed by atoms with Crippen molar-refractivity contribution in [2.75, 3.05) is 0 Å². The smallest absolute Gasteiger partial charge is 0.170 e. The zero-order valence-electron chi connectivity index (χ0n) is 10.4. The lowest BCUT2D eigenvalue weighted by molar-refractivity contribution is 0.0988. The molecule has 0 N–H and O–H groups in total. The van der Waals surface area contributed by atoms with E-state index in [2.05, 4.69) is 4.98 Å². The Morgan fingerprint density at radius 1 is 1.33 bits per heavy atom. The summed E-state index contributed by atoms with van der Waals surface area (Å²) >= 11 is 0. The molecule has 1 heterocycles. The summed E-state index contributed by atoms with van der Waals surface area (Å²) in [6.07, 6.45) is 3.44. The van der Waals surface area contributed by atoms with Crippen LogP contribution in [0, 0.1) is 19.7 Å². The van der Waals surface area contributed by atoms with E-state index in [-0.39, 0.29) is 17.8 Å². The van der Waals surface area contributed by atoms with Gasteiger partial charge < -0.3 is 0 Å². The van der Waals surface area contributed by atoms with Gasteiger partial charge in [-0.15, -0.1) is 0 Å². The van der Waals surface area contributed by atoms with Crippen LogP contribution in [0.4, 0.5) is 4.39 Å². The van der Waals surface area contributed by atoms with Crippen molar-refractivity contribution >= 4 is 5.78 Å². The molecule has 18 heavy (non-hydrogen) atoms. The minimum Gasteiger partial charge on any atom is -0.294 e. The van der Waals surface area contributed by atoms with Gasteiger partial charge >= 0.3 is 0 Å². The Kier molecular flexibility index (Phi) is 3.51. The van der Waals surface area contributed by atoms with Gasteiger partial charge in [0.2, 0.25) is 0 Å². The molecular weight excluding hydrogens is 229 g/mol. The second kappa shape index (κ2) is 5.08. The van der Waals surface area contributed by atoms with E-state index >= 15 is 0 Å².